The molecular formula is C48H34GeN2. The molecule has 0 bridgehead atoms. The molecule has 0 amide bonds. The summed E-state index contributed by atoms with van der Waals surface area (Å²) in [6.07, 6.45) is 0. The van der Waals surface area contributed by atoms with E-state index in [0.29, 0.717) is 10.9 Å². The molecule has 8 aromatic carbocycles. The number of hydrogen-bond donors (Lipinski definition) is 0. The summed E-state index contributed by atoms with van der Waals surface area (Å²) >= 11 is -3.43. The molecule has 0 aliphatic carbocycles. The molecular weight excluding hydrogens is 677 g/mol. The Morgan fingerprint density at radius 2 is 0.765 bits per heavy atom. The van der Waals surface area contributed by atoms with E-state index in [0.717, 1.165) is 44.1 Å². The molecule has 2 heterocycles. The van der Waals surface area contributed by atoms with E-state index in [1.165, 1.54) is 17.6 Å². The van der Waals surface area contributed by atoms with E-state index in [1.54, 1.807) is 0 Å². The maximum absolute atomic E-state index is 8.97. The average molecular weight is 715 g/mol. The van der Waals surface area contributed by atoms with E-state index in [2.05, 4.69) is 162 Å². The predicted octanol–water partition coefficient (Wildman–Crippen LogP) is 9.26. The third-order valence-electron chi connectivity index (χ3n) is 10.4. The maximum atomic E-state index is 8.97. The van der Waals surface area contributed by atoms with Crippen LogP contribution in [0.5, 0.6) is 0 Å². The van der Waals surface area contributed by atoms with Gasteiger partial charge in [0, 0.05) is 0 Å². The van der Waals surface area contributed by atoms with Gasteiger partial charge in [0.25, 0.3) is 0 Å². The van der Waals surface area contributed by atoms with Gasteiger partial charge in [-0.15, -0.1) is 0 Å². The molecule has 0 N–H and O–H groups in total. The van der Waals surface area contributed by atoms with Crippen LogP contribution in [-0.4, -0.2) is 22.4 Å². The molecule has 3 heteroatoms. The van der Waals surface area contributed by atoms with Crippen LogP contribution in [0.25, 0.3) is 55.0 Å². The normalized spacial score (nSPS) is 13.0. The van der Waals surface area contributed by atoms with Gasteiger partial charge in [-0.05, 0) is 0 Å². The summed E-state index contributed by atoms with van der Waals surface area (Å²) < 4.78 is 44.6. The first kappa shape index (κ1) is 25.8. The zero-order valence-corrected chi connectivity index (χ0v) is 29.8. The molecule has 10 rings (SSSR count). The molecule has 2 aromatic heterocycles. The van der Waals surface area contributed by atoms with E-state index in [1.807, 2.05) is 28.8 Å². The summed E-state index contributed by atoms with van der Waals surface area (Å²) in [5.74, 6) is 0. The summed E-state index contributed by atoms with van der Waals surface area (Å²) in [6.45, 7) is 0. The first-order valence-electron chi connectivity index (χ1n) is 19.3. The van der Waals surface area contributed by atoms with E-state index >= 15 is 0 Å². The van der Waals surface area contributed by atoms with Gasteiger partial charge in [0.15, 0.2) is 0 Å². The van der Waals surface area contributed by atoms with Crippen molar-refractivity contribution >= 4 is 74.5 Å². The van der Waals surface area contributed by atoms with Gasteiger partial charge in [0.2, 0.25) is 0 Å². The van der Waals surface area contributed by atoms with Crippen molar-refractivity contribution in [2.24, 2.45) is 0 Å². The summed E-state index contributed by atoms with van der Waals surface area (Å²) in [5, 5.41) is 3.51. The Kier molecular flexibility index (Phi) is 6.10. The Morgan fingerprint density at radius 3 is 1.35 bits per heavy atom. The number of rotatable bonds is 6. The molecule has 0 radical (unpaired) electrons. The molecule has 0 saturated carbocycles. The monoisotopic (exact) mass is 716 g/mol. The quantitative estimate of drug-likeness (QED) is 0.152. The Hall–Kier alpha value is -6.10. The predicted molar refractivity (Wildman–Crippen MR) is 219 cm³/mol. The van der Waals surface area contributed by atoms with Crippen LogP contribution in [0, 0.1) is 0 Å². The summed E-state index contributed by atoms with van der Waals surface area (Å²) in [4.78, 5) is 0. The third-order valence-corrected chi connectivity index (χ3v) is 20.5. The Bertz CT molecular complexity index is 2970. The van der Waals surface area contributed by atoms with Crippen LogP contribution in [0.1, 0.15) is 5.48 Å². The van der Waals surface area contributed by atoms with Crippen LogP contribution < -0.4 is 17.6 Å². The first-order valence-corrected chi connectivity index (χ1v) is 21.5. The van der Waals surface area contributed by atoms with Crippen molar-refractivity contribution in [1.82, 2.24) is 9.13 Å². The molecule has 0 spiro atoms. The van der Waals surface area contributed by atoms with Gasteiger partial charge in [-0.25, -0.2) is 0 Å². The summed E-state index contributed by atoms with van der Waals surface area (Å²) in [7, 11) is 0. The molecule has 0 aliphatic rings. The average Bonchev–Trinajstić information content (AvgIpc) is 3.77. The number of benzene rings is 8. The van der Waals surface area contributed by atoms with E-state index in [9.17, 15) is 0 Å². The Morgan fingerprint density at radius 1 is 0.333 bits per heavy atom. The molecule has 240 valence electrons. The third kappa shape index (κ3) is 4.57. The van der Waals surface area contributed by atoms with Crippen molar-refractivity contribution in [1.29, 1.82) is 0 Å². The van der Waals surface area contributed by atoms with Gasteiger partial charge in [0.1, 0.15) is 0 Å². The minimum atomic E-state index is -3.43. The fourth-order valence-corrected chi connectivity index (χ4v) is 18.2. The second-order valence-corrected chi connectivity index (χ2v) is 21.0. The van der Waals surface area contributed by atoms with Crippen LogP contribution in [-0.2, 0) is 0 Å². The van der Waals surface area contributed by atoms with Crippen molar-refractivity contribution in [2.45, 2.75) is 0 Å². The van der Waals surface area contributed by atoms with E-state index in [4.69, 9.17) is 5.48 Å². The van der Waals surface area contributed by atoms with Gasteiger partial charge in [-0.2, -0.15) is 0 Å². The Balaban J connectivity index is 1.19. The zero-order valence-electron chi connectivity index (χ0n) is 31.7. The molecule has 0 fully saturated rings. The number of para-hydroxylation sites is 3. The van der Waals surface area contributed by atoms with Crippen molar-refractivity contribution in [3.05, 3.63) is 206 Å². The molecule has 0 atom stereocenters. The second-order valence-electron chi connectivity index (χ2n) is 13.0. The molecule has 0 aliphatic heterocycles. The molecule has 0 saturated heterocycles. The van der Waals surface area contributed by atoms with Crippen LogP contribution in [0.15, 0.2) is 206 Å². The number of aromatic nitrogens is 2. The van der Waals surface area contributed by atoms with Crippen molar-refractivity contribution in [3.63, 3.8) is 0 Å². The minimum absolute atomic E-state index is 0.0213. The van der Waals surface area contributed by atoms with Crippen molar-refractivity contribution in [2.75, 3.05) is 0 Å². The van der Waals surface area contributed by atoms with Gasteiger partial charge in [0.05, 0.1) is 5.48 Å². The molecule has 51 heavy (non-hydrogen) atoms. The number of nitrogens with zero attached hydrogens (tertiary/aromatic N) is 2. The standard InChI is InChI=1S/C48H34GeN2/c1-4-16-35(17-5-1)49(36-18-6-2-7-19-36,37-20-8-3-9-21-37)38-28-30-39(31-29-38)50-47-27-15-12-24-43(47)44-34-40(32-33-48(44)50)51-45-25-13-10-22-41(45)42-23-11-14-26-46(42)51/h1-34H/i10D,13D,22D,25D. The first-order chi connectivity index (χ1) is 27.0. The van der Waals surface area contributed by atoms with Crippen LogP contribution in [0.3, 0.4) is 0 Å². The SMILES string of the molecule is [2H]c1c([2H])c([2H])c2c(c1[2H])c1ccccc1n2-c1ccc2c(c1)c1ccccc1n2-c1cc[c]([Ge]([c]2ccccc2)([c]2ccccc2)[c]2ccccc2)cc1. The van der Waals surface area contributed by atoms with Crippen LogP contribution in [0.2, 0.25) is 0 Å². The van der Waals surface area contributed by atoms with Crippen LogP contribution in [0.4, 0.5) is 0 Å². The zero-order chi connectivity index (χ0) is 37.3. The van der Waals surface area contributed by atoms with E-state index in [-0.39, 0.29) is 24.2 Å². The topological polar surface area (TPSA) is 9.86 Å². The van der Waals surface area contributed by atoms with Crippen LogP contribution >= 0.6 is 0 Å². The summed E-state index contributed by atoms with van der Waals surface area (Å²) in [6, 6.07) is 64.5. The van der Waals surface area contributed by atoms with Crippen molar-refractivity contribution in [3.8, 4) is 11.4 Å². The number of hydrogen-bond acceptors (Lipinski definition) is 0. The molecule has 10 aromatic rings. The van der Waals surface area contributed by atoms with Crippen molar-refractivity contribution < 1.29 is 5.48 Å². The fraction of sp³-hybridized carbons (Fsp3) is 0. The molecule has 0 unspecified atom stereocenters. The van der Waals surface area contributed by atoms with Gasteiger partial charge in [-0.3, -0.25) is 0 Å². The van der Waals surface area contributed by atoms with Gasteiger partial charge >= 0.3 is 265 Å². The summed E-state index contributed by atoms with van der Waals surface area (Å²) in [5.41, 5.74) is 5.38. The Labute approximate surface area is 305 Å². The van der Waals surface area contributed by atoms with Gasteiger partial charge in [-0.1, -0.05) is 36.3 Å². The second kappa shape index (κ2) is 12.0. The molecule has 2 nitrogen and oxygen atoms in total. The van der Waals surface area contributed by atoms with Gasteiger partial charge < -0.3 is 0 Å². The van der Waals surface area contributed by atoms with E-state index < -0.39 is 13.3 Å². The fourth-order valence-electron chi connectivity index (χ4n) is 8.24. The number of fused-ring (bicyclic) bond motifs is 6.